The monoisotopic (exact) mass is 155 g/mol. The van der Waals surface area contributed by atoms with Crippen LogP contribution in [0.2, 0.25) is 0 Å². The summed E-state index contributed by atoms with van der Waals surface area (Å²) in [5.41, 5.74) is 7.76. The van der Waals surface area contributed by atoms with Gasteiger partial charge in [-0.05, 0) is 25.3 Å². The second kappa shape index (κ2) is 4.73. The molecule has 1 saturated carbocycles. The lowest BCUT2D eigenvalue weighted by Crippen LogP contribution is -2.38. The Balaban J connectivity index is 2.21. The quantitative estimate of drug-likeness (QED) is 0.662. The van der Waals surface area contributed by atoms with Gasteiger partial charge in [0.25, 0.3) is 0 Å². The van der Waals surface area contributed by atoms with Gasteiger partial charge in [0.1, 0.15) is 0 Å². The second-order valence-corrected chi connectivity index (χ2v) is 3.43. The molecule has 1 aliphatic carbocycles. The van der Waals surface area contributed by atoms with E-state index in [2.05, 4.69) is 12.2 Å². The molecule has 1 atom stereocenters. The first-order chi connectivity index (χ1) is 5.34. The van der Waals surface area contributed by atoms with E-state index >= 15 is 0 Å². The highest BCUT2D eigenvalue weighted by molar-refractivity contribution is 4.73. The summed E-state index contributed by atoms with van der Waals surface area (Å²) in [6.45, 7) is 3.01. The standard InChI is InChI=1S/C9H19N2/c1-2-11-9(10)8-6-4-3-5-7-8/h8-11H,2-7H2,1H3. The maximum atomic E-state index is 7.76. The highest BCUT2D eigenvalue weighted by atomic mass is 15.0. The van der Waals surface area contributed by atoms with Crippen molar-refractivity contribution in [1.29, 1.82) is 0 Å². The molecule has 1 fully saturated rings. The Labute approximate surface area is 69.5 Å². The first kappa shape index (κ1) is 9.01. The molecule has 0 amide bonds. The van der Waals surface area contributed by atoms with Crippen LogP contribution in [-0.2, 0) is 0 Å². The minimum atomic E-state index is 0.000278. The summed E-state index contributed by atoms with van der Waals surface area (Å²) in [7, 11) is 0. The molecule has 1 aliphatic rings. The molecule has 0 bridgehead atoms. The molecule has 1 rings (SSSR count). The molecule has 0 spiro atoms. The lowest BCUT2D eigenvalue weighted by molar-refractivity contribution is 0.270. The fourth-order valence-corrected chi connectivity index (χ4v) is 1.85. The van der Waals surface area contributed by atoms with E-state index in [4.69, 9.17) is 5.73 Å². The molecule has 2 heteroatoms. The fraction of sp³-hybridized carbons (Fsp3) is 1.00. The Morgan fingerprint density at radius 3 is 2.55 bits per heavy atom. The van der Waals surface area contributed by atoms with Crippen molar-refractivity contribution in [1.82, 2.24) is 11.1 Å². The number of hydrogen-bond acceptors (Lipinski definition) is 1. The van der Waals surface area contributed by atoms with Crippen molar-refractivity contribution in [2.75, 3.05) is 6.54 Å². The second-order valence-electron chi connectivity index (χ2n) is 3.43. The van der Waals surface area contributed by atoms with Crippen LogP contribution in [0.1, 0.15) is 39.0 Å². The minimum absolute atomic E-state index is 0.000278. The predicted octanol–water partition coefficient (Wildman–Crippen LogP) is 1.79. The van der Waals surface area contributed by atoms with Crippen LogP contribution in [0.25, 0.3) is 0 Å². The van der Waals surface area contributed by atoms with Crippen molar-refractivity contribution < 1.29 is 0 Å². The SMILES string of the molecule is CCNC([NH])C1CCCCC1. The maximum Gasteiger partial charge on any atom is 0.0733 e. The first-order valence-corrected chi connectivity index (χ1v) is 4.79. The zero-order valence-corrected chi connectivity index (χ0v) is 7.40. The molecule has 2 nitrogen and oxygen atoms in total. The van der Waals surface area contributed by atoms with Crippen LogP contribution in [0.5, 0.6) is 0 Å². The predicted molar refractivity (Wildman–Crippen MR) is 47.1 cm³/mol. The minimum Gasteiger partial charge on any atom is -0.301 e. The number of nitrogens with one attached hydrogen (secondary N) is 2. The molecule has 0 aromatic heterocycles. The van der Waals surface area contributed by atoms with Gasteiger partial charge in [0.2, 0.25) is 0 Å². The van der Waals surface area contributed by atoms with Crippen molar-refractivity contribution in [2.45, 2.75) is 45.2 Å². The molecule has 0 saturated heterocycles. The van der Waals surface area contributed by atoms with Crippen molar-refractivity contribution in [3.05, 3.63) is 0 Å². The van der Waals surface area contributed by atoms with Gasteiger partial charge in [-0.15, -0.1) is 0 Å². The smallest absolute Gasteiger partial charge is 0.0733 e. The van der Waals surface area contributed by atoms with Crippen molar-refractivity contribution in [3.63, 3.8) is 0 Å². The van der Waals surface area contributed by atoms with E-state index in [1.54, 1.807) is 0 Å². The zero-order chi connectivity index (χ0) is 8.10. The van der Waals surface area contributed by atoms with Crippen LogP contribution in [-0.4, -0.2) is 12.7 Å². The Morgan fingerprint density at radius 2 is 2.00 bits per heavy atom. The van der Waals surface area contributed by atoms with Crippen molar-refractivity contribution in [2.24, 2.45) is 5.92 Å². The summed E-state index contributed by atoms with van der Waals surface area (Å²) in [6.07, 6.45) is 6.59. The zero-order valence-electron chi connectivity index (χ0n) is 7.40. The first-order valence-electron chi connectivity index (χ1n) is 4.79. The van der Waals surface area contributed by atoms with Crippen LogP contribution < -0.4 is 11.1 Å². The van der Waals surface area contributed by atoms with Gasteiger partial charge in [-0.2, -0.15) is 0 Å². The number of rotatable bonds is 3. The van der Waals surface area contributed by atoms with Gasteiger partial charge in [0.05, 0.1) is 6.17 Å². The van der Waals surface area contributed by atoms with E-state index in [9.17, 15) is 0 Å². The molecule has 0 aromatic carbocycles. The van der Waals surface area contributed by atoms with Gasteiger partial charge in [-0.1, -0.05) is 26.2 Å². The molecular formula is C9H19N2. The Kier molecular flexibility index (Phi) is 3.87. The molecule has 1 unspecified atom stereocenters. The maximum absolute atomic E-state index is 7.76. The summed E-state index contributed by atoms with van der Waals surface area (Å²) in [5, 5.41) is 3.18. The third-order valence-corrected chi connectivity index (χ3v) is 2.55. The molecule has 65 valence electrons. The van der Waals surface area contributed by atoms with Gasteiger partial charge >= 0.3 is 0 Å². The summed E-state index contributed by atoms with van der Waals surface area (Å²) in [6, 6.07) is 0. The molecule has 1 radical (unpaired) electrons. The van der Waals surface area contributed by atoms with E-state index < -0.39 is 0 Å². The Bertz CT molecular complexity index is 97.7. The van der Waals surface area contributed by atoms with Crippen LogP contribution in [0, 0.1) is 5.92 Å². The fourth-order valence-electron chi connectivity index (χ4n) is 1.85. The largest absolute Gasteiger partial charge is 0.301 e. The third kappa shape index (κ3) is 2.80. The van der Waals surface area contributed by atoms with Gasteiger partial charge in [-0.25, -0.2) is 5.73 Å². The molecule has 2 N–H and O–H groups in total. The lowest BCUT2D eigenvalue weighted by Gasteiger charge is -2.26. The average Bonchev–Trinajstić information content (AvgIpc) is 2.07. The summed E-state index contributed by atoms with van der Waals surface area (Å²) in [4.78, 5) is 0. The summed E-state index contributed by atoms with van der Waals surface area (Å²) in [5.74, 6) is 0.628. The third-order valence-electron chi connectivity index (χ3n) is 2.55. The normalized spacial score (nSPS) is 23.5. The Morgan fingerprint density at radius 1 is 1.36 bits per heavy atom. The lowest BCUT2D eigenvalue weighted by atomic mass is 9.87. The van der Waals surface area contributed by atoms with Gasteiger partial charge in [0, 0.05) is 0 Å². The van der Waals surface area contributed by atoms with E-state index in [1.807, 2.05) is 0 Å². The molecule has 0 heterocycles. The van der Waals surface area contributed by atoms with Crippen LogP contribution in [0.4, 0.5) is 0 Å². The van der Waals surface area contributed by atoms with E-state index in [0.29, 0.717) is 5.92 Å². The van der Waals surface area contributed by atoms with Crippen molar-refractivity contribution >= 4 is 0 Å². The molecule has 0 aliphatic heterocycles. The van der Waals surface area contributed by atoms with E-state index in [0.717, 1.165) is 6.54 Å². The average molecular weight is 155 g/mol. The van der Waals surface area contributed by atoms with E-state index in [-0.39, 0.29) is 6.17 Å². The van der Waals surface area contributed by atoms with Gasteiger partial charge < -0.3 is 5.32 Å². The Hall–Kier alpha value is -0.0800. The molecule has 11 heavy (non-hydrogen) atoms. The van der Waals surface area contributed by atoms with Crippen LogP contribution in [0.3, 0.4) is 0 Å². The highest BCUT2D eigenvalue weighted by Crippen LogP contribution is 2.24. The van der Waals surface area contributed by atoms with E-state index in [1.165, 1.54) is 32.1 Å². The summed E-state index contributed by atoms with van der Waals surface area (Å²) < 4.78 is 0. The molecule has 0 aromatic rings. The topological polar surface area (TPSA) is 35.8 Å². The van der Waals surface area contributed by atoms with Crippen LogP contribution in [0.15, 0.2) is 0 Å². The number of hydrogen-bond donors (Lipinski definition) is 1. The van der Waals surface area contributed by atoms with Crippen molar-refractivity contribution in [3.8, 4) is 0 Å². The molecular weight excluding hydrogens is 136 g/mol. The van der Waals surface area contributed by atoms with Gasteiger partial charge in [0.15, 0.2) is 0 Å². The van der Waals surface area contributed by atoms with Gasteiger partial charge in [-0.3, -0.25) is 0 Å². The summed E-state index contributed by atoms with van der Waals surface area (Å²) >= 11 is 0. The highest BCUT2D eigenvalue weighted by Gasteiger charge is 2.19. The van der Waals surface area contributed by atoms with Crippen LogP contribution >= 0.6 is 0 Å².